The zero-order valence-corrected chi connectivity index (χ0v) is 14.4. The molecule has 23 heavy (non-hydrogen) atoms. The van der Waals surface area contributed by atoms with Crippen LogP contribution < -0.4 is 10.0 Å². The second-order valence-electron chi connectivity index (χ2n) is 4.77. The van der Waals surface area contributed by atoms with E-state index in [1.807, 2.05) is 6.07 Å². The van der Waals surface area contributed by atoms with Crippen LogP contribution in [0.2, 0.25) is 10.0 Å². The number of sulfonamides is 1. The first kappa shape index (κ1) is 17.7. The maximum Gasteiger partial charge on any atom is 0.242 e. The molecule has 1 amide bonds. The first-order valence-electron chi connectivity index (χ1n) is 6.63. The van der Waals surface area contributed by atoms with Gasteiger partial charge in [-0.05, 0) is 37.3 Å². The molecule has 2 rings (SSSR count). The van der Waals surface area contributed by atoms with Crippen molar-refractivity contribution < 1.29 is 13.2 Å². The third-order valence-electron chi connectivity index (χ3n) is 2.95. The molecule has 0 heterocycles. The fraction of sp³-hybridized carbons (Fsp3) is 0.133. The van der Waals surface area contributed by atoms with Gasteiger partial charge >= 0.3 is 0 Å². The minimum atomic E-state index is -3.98. The Kier molecular flexibility index (Phi) is 5.64. The van der Waals surface area contributed by atoms with Crippen LogP contribution in [0.4, 0.5) is 5.69 Å². The minimum Gasteiger partial charge on any atom is -0.325 e. The highest BCUT2D eigenvalue weighted by Gasteiger charge is 2.24. The quantitative estimate of drug-likeness (QED) is 0.845. The van der Waals surface area contributed by atoms with Gasteiger partial charge in [0, 0.05) is 10.7 Å². The molecule has 0 radical (unpaired) electrons. The summed E-state index contributed by atoms with van der Waals surface area (Å²) in [4.78, 5) is 11.9. The number of amides is 1. The molecule has 0 aliphatic rings. The van der Waals surface area contributed by atoms with Crippen LogP contribution in [0.1, 0.15) is 6.92 Å². The van der Waals surface area contributed by atoms with Crippen molar-refractivity contribution in [3.63, 3.8) is 0 Å². The number of carbonyl (C=O) groups is 1. The largest absolute Gasteiger partial charge is 0.325 e. The fourth-order valence-corrected chi connectivity index (χ4v) is 3.77. The Morgan fingerprint density at radius 1 is 1.09 bits per heavy atom. The average Bonchev–Trinajstić information content (AvgIpc) is 2.50. The number of benzene rings is 2. The number of hydrogen-bond acceptors (Lipinski definition) is 3. The molecule has 1 atom stereocenters. The first-order chi connectivity index (χ1) is 10.8. The minimum absolute atomic E-state index is 0.0255. The molecule has 2 aromatic carbocycles. The van der Waals surface area contributed by atoms with Crippen molar-refractivity contribution in [2.75, 3.05) is 5.32 Å². The average molecular weight is 373 g/mol. The van der Waals surface area contributed by atoms with Crippen LogP contribution in [0.3, 0.4) is 0 Å². The van der Waals surface area contributed by atoms with Crippen LogP contribution >= 0.6 is 23.2 Å². The van der Waals surface area contributed by atoms with Gasteiger partial charge in [-0.15, -0.1) is 0 Å². The summed E-state index contributed by atoms with van der Waals surface area (Å²) in [5, 5.41) is 2.87. The van der Waals surface area contributed by atoms with E-state index in [1.165, 1.54) is 25.1 Å². The lowest BCUT2D eigenvalue weighted by Gasteiger charge is -2.15. The Labute approximate surface area is 144 Å². The van der Waals surface area contributed by atoms with Gasteiger partial charge in [-0.3, -0.25) is 4.79 Å². The molecule has 2 N–H and O–H groups in total. The topological polar surface area (TPSA) is 75.3 Å². The van der Waals surface area contributed by atoms with E-state index in [-0.39, 0.29) is 14.9 Å². The van der Waals surface area contributed by atoms with Crippen molar-refractivity contribution in [1.29, 1.82) is 0 Å². The van der Waals surface area contributed by atoms with Gasteiger partial charge in [0.1, 0.15) is 4.90 Å². The highest BCUT2D eigenvalue weighted by Crippen LogP contribution is 2.25. The monoisotopic (exact) mass is 372 g/mol. The summed E-state index contributed by atoms with van der Waals surface area (Å²) < 4.78 is 27.0. The molecule has 0 saturated heterocycles. The van der Waals surface area contributed by atoms with Gasteiger partial charge in [0.15, 0.2) is 0 Å². The second-order valence-corrected chi connectivity index (χ2v) is 7.30. The molecular formula is C15H14Cl2N2O3S. The number of halogens is 2. The van der Waals surface area contributed by atoms with Crippen molar-refractivity contribution >= 4 is 44.8 Å². The van der Waals surface area contributed by atoms with E-state index in [0.717, 1.165) is 0 Å². The summed E-state index contributed by atoms with van der Waals surface area (Å²) in [6.45, 7) is 1.44. The summed E-state index contributed by atoms with van der Waals surface area (Å²) >= 11 is 11.7. The lowest BCUT2D eigenvalue weighted by molar-refractivity contribution is -0.117. The van der Waals surface area contributed by atoms with Gasteiger partial charge in [-0.25, -0.2) is 8.42 Å². The molecule has 8 heteroatoms. The Bertz CT molecular complexity index is 811. The van der Waals surface area contributed by atoms with Crippen LogP contribution in [0.25, 0.3) is 0 Å². The number of anilines is 1. The van der Waals surface area contributed by atoms with Crippen LogP contribution in [0.15, 0.2) is 53.4 Å². The normalized spacial score (nSPS) is 12.7. The second kappa shape index (κ2) is 7.31. The van der Waals surface area contributed by atoms with E-state index in [2.05, 4.69) is 10.0 Å². The fourth-order valence-electron chi connectivity index (χ4n) is 1.80. The van der Waals surface area contributed by atoms with E-state index >= 15 is 0 Å². The summed E-state index contributed by atoms with van der Waals surface area (Å²) in [6.07, 6.45) is 0. The summed E-state index contributed by atoms with van der Waals surface area (Å²) in [7, 11) is -3.98. The van der Waals surface area contributed by atoms with Gasteiger partial charge in [-0.2, -0.15) is 4.72 Å². The molecule has 0 fully saturated rings. The van der Waals surface area contributed by atoms with E-state index in [0.29, 0.717) is 5.69 Å². The number of rotatable bonds is 5. The Morgan fingerprint density at radius 2 is 1.74 bits per heavy atom. The molecule has 122 valence electrons. The van der Waals surface area contributed by atoms with Gasteiger partial charge in [-0.1, -0.05) is 41.4 Å². The predicted molar refractivity (Wildman–Crippen MR) is 91.3 cm³/mol. The van der Waals surface area contributed by atoms with Crippen LogP contribution in [0.5, 0.6) is 0 Å². The SMILES string of the molecule is C[C@@H](NS(=O)(=O)c1cc(Cl)ccc1Cl)C(=O)Nc1ccccc1. The van der Waals surface area contributed by atoms with E-state index in [9.17, 15) is 13.2 Å². The Hall–Kier alpha value is -1.60. The van der Waals surface area contributed by atoms with Gasteiger partial charge in [0.2, 0.25) is 15.9 Å². The van der Waals surface area contributed by atoms with Gasteiger partial charge in [0.25, 0.3) is 0 Å². The smallest absolute Gasteiger partial charge is 0.242 e. The zero-order valence-electron chi connectivity index (χ0n) is 12.1. The summed E-state index contributed by atoms with van der Waals surface area (Å²) in [5.41, 5.74) is 0.573. The van der Waals surface area contributed by atoms with Crippen molar-refractivity contribution in [3.8, 4) is 0 Å². The lowest BCUT2D eigenvalue weighted by atomic mass is 10.3. The Morgan fingerprint density at radius 3 is 2.39 bits per heavy atom. The maximum absolute atomic E-state index is 12.3. The van der Waals surface area contributed by atoms with E-state index in [1.54, 1.807) is 24.3 Å². The molecule has 0 aromatic heterocycles. The van der Waals surface area contributed by atoms with Crippen molar-refractivity contribution in [1.82, 2.24) is 4.72 Å². The molecule has 0 bridgehead atoms. The van der Waals surface area contributed by atoms with E-state index in [4.69, 9.17) is 23.2 Å². The van der Waals surface area contributed by atoms with Crippen molar-refractivity contribution in [3.05, 3.63) is 58.6 Å². The van der Waals surface area contributed by atoms with Crippen molar-refractivity contribution in [2.24, 2.45) is 0 Å². The van der Waals surface area contributed by atoms with Crippen molar-refractivity contribution in [2.45, 2.75) is 17.9 Å². The van der Waals surface area contributed by atoms with Gasteiger partial charge in [0.05, 0.1) is 11.1 Å². The lowest BCUT2D eigenvalue weighted by Crippen LogP contribution is -2.41. The number of hydrogen-bond donors (Lipinski definition) is 2. The van der Waals surface area contributed by atoms with E-state index < -0.39 is 22.0 Å². The highest BCUT2D eigenvalue weighted by molar-refractivity contribution is 7.89. The molecule has 0 spiro atoms. The van der Waals surface area contributed by atoms with Gasteiger partial charge < -0.3 is 5.32 Å². The zero-order chi connectivity index (χ0) is 17.0. The molecule has 0 aliphatic carbocycles. The number of nitrogens with one attached hydrogen (secondary N) is 2. The molecule has 0 aliphatic heterocycles. The molecular weight excluding hydrogens is 359 g/mol. The molecule has 5 nitrogen and oxygen atoms in total. The third-order valence-corrected chi connectivity index (χ3v) is 5.21. The van der Waals surface area contributed by atoms with Crippen LogP contribution in [-0.2, 0) is 14.8 Å². The number of carbonyl (C=O) groups excluding carboxylic acids is 1. The van der Waals surface area contributed by atoms with Crippen LogP contribution in [0, 0.1) is 0 Å². The summed E-state index contributed by atoms with van der Waals surface area (Å²) in [5.74, 6) is -0.488. The molecule has 2 aromatic rings. The third kappa shape index (κ3) is 4.68. The number of para-hydroxylation sites is 1. The Balaban J connectivity index is 2.13. The van der Waals surface area contributed by atoms with Crippen LogP contribution in [-0.4, -0.2) is 20.4 Å². The predicted octanol–water partition coefficient (Wildman–Crippen LogP) is 3.30. The molecule has 0 unspecified atom stereocenters. The summed E-state index contributed by atoms with van der Waals surface area (Å²) in [6, 6.07) is 11.8. The molecule has 0 saturated carbocycles. The maximum atomic E-state index is 12.3. The highest BCUT2D eigenvalue weighted by atomic mass is 35.5. The first-order valence-corrected chi connectivity index (χ1v) is 8.87. The standard InChI is InChI=1S/C15H14Cl2N2O3S/c1-10(15(20)18-12-5-3-2-4-6-12)19-23(21,22)14-9-11(16)7-8-13(14)17/h2-10,19H,1H3,(H,18,20)/t10-/m1/s1.